The van der Waals surface area contributed by atoms with Gasteiger partial charge in [-0.1, -0.05) is 32.0 Å². The molecule has 0 aliphatic heterocycles. The van der Waals surface area contributed by atoms with Gasteiger partial charge in [-0.15, -0.1) is 0 Å². The third-order valence-electron chi connectivity index (χ3n) is 2.85. The van der Waals surface area contributed by atoms with Crippen molar-refractivity contribution in [2.75, 3.05) is 5.32 Å². The van der Waals surface area contributed by atoms with E-state index in [-0.39, 0.29) is 5.92 Å². The molecule has 1 aromatic carbocycles. The van der Waals surface area contributed by atoms with Gasteiger partial charge in [-0.05, 0) is 18.1 Å². The van der Waals surface area contributed by atoms with Crippen LogP contribution in [0.2, 0.25) is 0 Å². The van der Waals surface area contributed by atoms with Crippen LogP contribution in [-0.4, -0.2) is 22.1 Å². The van der Waals surface area contributed by atoms with Crippen LogP contribution in [0.25, 0.3) is 10.9 Å². The number of aromatic nitrogens is 1. The van der Waals surface area contributed by atoms with Gasteiger partial charge in [0.2, 0.25) is 0 Å². The lowest BCUT2D eigenvalue weighted by molar-refractivity contribution is -0.138. The molecule has 94 valence electrons. The largest absolute Gasteiger partial charge is 0.480 e. The van der Waals surface area contributed by atoms with Gasteiger partial charge in [0, 0.05) is 5.39 Å². The molecule has 0 fully saturated rings. The summed E-state index contributed by atoms with van der Waals surface area (Å²) in [7, 11) is 0. The second kappa shape index (κ2) is 5.04. The quantitative estimate of drug-likeness (QED) is 0.868. The number of carbonyl (C=O) groups is 1. The summed E-state index contributed by atoms with van der Waals surface area (Å²) in [6.07, 6.45) is 1.67. The Morgan fingerprint density at radius 2 is 2.06 bits per heavy atom. The summed E-state index contributed by atoms with van der Waals surface area (Å²) in [4.78, 5) is 15.4. The molecule has 0 spiro atoms. The number of nitrogens with one attached hydrogen (secondary N) is 1. The summed E-state index contributed by atoms with van der Waals surface area (Å²) in [5, 5.41) is 13.1. The molecular weight excluding hydrogens is 228 g/mol. The smallest absolute Gasteiger partial charge is 0.326 e. The summed E-state index contributed by atoms with van der Waals surface area (Å²) >= 11 is 0. The van der Waals surface area contributed by atoms with Gasteiger partial charge in [-0.3, -0.25) is 4.98 Å². The fraction of sp³-hybridized carbons (Fsp3) is 0.286. The fourth-order valence-corrected chi connectivity index (χ4v) is 1.84. The Bertz CT molecular complexity index is 566. The minimum atomic E-state index is -0.849. The topological polar surface area (TPSA) is 62.2 Å². The van der Waals surface area contributed by atoms with Crippen molar-refractivity contribution in [2.45, 2.75) is 19.9 Å². The number of hydrogen-bond acceptors (Lipinski definition) is 3. The Labute approximate surface area is 106 Å². The minimum Gasteiger partial charge on any atom is -0.480 e. The van der Waals surface area contributed by atoms with Crippen LogP contribution in [0.5, 0.6) is 0 Å². The SMILES string of the molecule is CC(C)C(Nc1cnc2ccccc2c1)C(=O)O. The maximum Gasteiger partial charge on any atom is 0.326 e. The molecule has 0 amide bonds. The summed E-state index contributed by atoms with van der Waals surface area (Å²) in [5.74, 6) is -0.841. The third kappa shape index (κ3) is 2.59. The van der Waals surface area contributed by atoms with Gasteiger partial charge in [0.05, 0.1) is 17.4 Å². The molecule has 0 bridgehead atoms. The van der Waals surface area contributed by atoms with Crippen LogP contribution in [0.4, 0.5) is 5.69 Å². The van der Waals surface area contributed by atoms with Crippen LogP contribution in [-0.2, 0) is 4.79 Å². The van der Waals surface area contributed by atoms with Gasteiger partial charge in [0.1, 0.15) is 6.04 Å². The lowest BCUT2D eigenvalue weighted by Gasteiger charge is -2.19. The van der Waals surface area contributed by atoms with Crippen molar-refractivity contribution in [3.63, 3.8) is 0 Å². The van der Waals surface area contributed by atoms with E-state index in [0.717, 1.165) is 16.6 Å². The summed E-state index contributed by atoms with van der Waals surface area (Å²) in [6, 6.07) is 9.06. The predicted molar refractivity (Wildman–Crippen MR) is 71.6 cm³/mol. The zero-order valence-electron chi connectivity index (χ0n) is 10.4. The number of nitrogens with zero attached hydrogens (tertiary/aromatic N) is 1. The predicted octanol–water partition coefficient (Wildman–Crippen LogP) is 2.76. The fourth-order valence-electron chi connectivity index (χ4n) is 1.84. The number of pyridine rings is 1. The lowest BCUT2D eigenvalue weighted by Crippen LogP contribution is -2.34. The molecule has 1 atom stereocenters. The number of carboxylic acids is 1. The van der Waals surface area contributed by atoms with Crippen molar-refractivity contribution in [2.24, 2.45) is 5.92 Å². The van der Waals surface area contributed by atoms with Crippen LogP contribution < -0.4 is 5.32 Å². The van der Waals surface area contributed by atoms with Gasteiger partial charge < -0.3 is 10.4 Å². The number of aliphatic carboxylic acids is 1. The molecule has 2 aromatic rings. The standard InChI is InChI=1S/C14H16N2O2/c1-9(2)13(14(17)18)16-11-7-10-5-3-4-6-12(10)15-8-11/h3-9,13,16H,1-2H3,(H,17,18). The van der Waals surface area contributed by atoms with Crippen LogP contribution >= 0.6 is 0 Å². The van der Waals surface area contributed by atoms with Gasteiger partial charge in [0.25, 0.3) is 0 Å². The second-order valence-corrected chi connectivity index (χ2v) is 4.62. The zero-order valence-corrected chi connectivity index (χ0v) is 10.4. The van der Waals surface area contributed by atoms with E-state index in [1.165, 1.54) is 0 Å². The Balaban J connectivity index is 2.28. The molecule has 1 heterocycles. The van der Waals surface area contributed by atoms with Crippen molar-refractivity contribution in [1.29, 1.82) is 0 Å². The van der Waals surface area contributed by atoms with E-state index < -0.39 is 12.0 Å². The van der Waals surface area contributed by atoms with Crippen molar-refractivity contribution >= 4 is 22.6 Å². The van der Waals surface area contributed by atoms with Crippen molar-refractivity contribution in [3.05, 3.63) is 36.5 Å². The van der Waals surface area contributed by atoms with Crippen molar-refractivity contribution in [3.8, 4) is 0 Å². The van der Waals surface area contributed by atoms with Crippen LogP contribution in [0.3, 0.4) is 0 Å². The molecular formula is C14H16N2O2. The van der Waals surface area contributed by atoms with Crippen molar-refractivity contribution in [1.82, 2.24) is 4.98 Å². The Kier molecular flexibility index (Phi) is 3.46. The molecule has 0 radical (unpaired) electrons. The molecule has 0 saturated heterocycles. The Morgan fingerprint density at radius 3 is 2.72 bits per heavy atom. The highest BCUT2D eigenvalue weighted by atomic mass is 16.4. The third-order valence-corrected chi connectivity index (χ3v) is 2.85. The molecule has 18 heavy (non-hydrogen) atoms. The average molecular weight is 244 g/mol. The Hall–Kier alpha value is -2.10. The monoisotopic (exact) mass is 244 g/mol. The molecule has 4 heteroatoms. The molecule has 2 N–H and O–H groups in total. The number of carboxylic acid groups (broad SMARTS) is 1. The van der Waals surface area contributed by atoms with E-state index in [0.29, 0.717) is 0 Å². The van der Waals surface area contributed by atoms with Crippen LogP contribution in [0, 0.1) is 5.92 Å². The number of rotatable bonds is 4. The van der Waals surface area contributed by atoms with E-state index in [1.54, 1.807) is 6.20 Å². The average Bonchev–Trinajstić information content (AvgIpc) is 2.35. The summed E-state index contributed by atoms with van der Waals surface area (Å²) < 4.78 is 0. The first-order chi connectivity index (χ1) is 8.58. The summed E-state index contributed by atoms with van der Waals surface area (Å²) in [5.41, 5.74) is 1.63. The molecule has 4 nitrogen and oxygen atoms in total. The lowest BCUT2D eigenvalue weighted by atomic mass is 10.0. The van der Waals surface area contributed by atoms with Crippen LogP contribution in [0.15, 0.2) is 36.5 Å². The first-order valence-electron chi connectivity index (χ1n) is 5.92. The summed E-state index contributed by atoms with van der Waals surface area (Å²) in [6.45, 7) is 3.75. The molecule has 1 aromatic heterocycles. The molecule has 2 rings (SSSR count). The van der Waals surface area contributed by atoms with E-state index in [9.17, 15) is 4.79 Å². The minimum absolute atomic E-state index is 0.00831. The maximum absolute atomic E-state index is 11.1. The van der Waals surface area contributed by atoms with Crippen molar-refractivity contribution < 1.29 is 9.90 Å². The highest BCUT2D eigenvalue weighted by Crippen LogP contribution is 2.18. The molecule has 0 aliphatic rings. The molecule has 0 saturated carbocycles. The van der Waals surface area contributed by atoms with E-state index in [4.69, 9.17) is 5.11 Å². The van der Waals surface area contributed by atoms with E-state index in [2.05, 4.69) is 10.3 Å². The highest BCUT2D eigenvalue weighted by molar-refractivity contribution is 5.83. The Morgan fingerprint density at radius 1 is 1.33 bits per heavy atom. The highest BCUT2D eigenvalue weighted by Gasteiger charge is 2.21. The van der Waals surface area contributed by atoms with Gasteiger partial charge in [0.15, 0.2) is 0 Å². The van der Waals surface area contributed by atoms with E-state index in [1.807, 2.05) is 44.2 Å². The molecule has 0 aliphatic carbocycles. The van der Waals surface area contributed by atoms with Crippen LogP contribution in [0.1, 0.15) is 13.8 Å². The number of hydrogen-bond donors (Lipinski definition) is 2. The second-order valence-electron chi connectivity index (χ2n) is 4.62. The number of benzene rings is 1. The van der Waals surface area contributed by atoms with E-state index >= 15 is 0 Å². The number of para-hydroxylation sites is 1. The first-order valence-corrected chi connectivity index (χ1v) is 5.92. The molecule has 1 unspecified atom stereocenters. The first kappa shape index (κ1) is 12.4. The van der Waals surface area contributed by atoms with Gasteiger partial charge in [-0.2, -0.15) is 0 Å². The number of fused-ring (bicyclic) bond motifs is 1. The van der Waals surface area contributed by atoms with Gasteiger partial charge in [-0.25, -0.2) is 4.79 Å². The van der Waals surface area contributed by atoms with Gasteiger partial charge >= 0.3 is 5.97 Å². The maximum atomic E-state index is 11.1. The number of anilines is 1. The normalized spacial score (nSPS) is 12.6. The zero-order chi connectivity index (χ0) is 13.1.